The molecule has 1 aliphatic rings. The topological polar surface area (TPSA) is 123 Å². The molecule has 3 unspecified atom stereocenters. The van der Waals surface area contributed by atoms with Gasteiger partial charge in [-0.25, -0.2) is 9.59 Å². The summed E-state index contributed by atoms with van der Waals surface area (Å²) in [7, 11) is 0. The summed E-state index contributed by atoms with van der Waals surface area (Å²) in [6.07, 6.45) is -10.8. The van der Waals surface area contributed by atoms with Crippen LogP contribution >= 0.6 is 11.6 Å². The van der Waals surface area contributed by atoms with Gasteiger partial charge in [0, 0.05) is 17.5 Å². The number of ether oxygens (including phenoxy) is 4. The first-order valence-corrected chi connectivity index (χ1v) is 10.5. The molecule has 0 aliphatic carbocycles. The molecule has 0 saturated carbocycles. The van der Waals surface area contributed by atoms with Crippen LogP contribution in [-0.4, -0.2) is 48.5 Å². The molecule has 1 heterocycles. The molecule has 0 amide bonds. The second-order valence-electron chi connectivity index (χ2n) is 8.55. The molecular weight excluding hydrogens is 503 g/mol. The second-order valence-corrected chi connectivity index (χ2v) is 8.96. The summed E-state index contributed by atoms with van der Waals surface area (Å²) in [5.41, 5.74) is -0.692. The van der Waals surface area contributed by atoms with Crippen LogP contribution in [0.25, 0.3) is 6.08 Å². The van der Waals surface area contributed by atoms with E-state index < -0.39 is 59.5 Å². The molecule has 35 heavy (non-hydrogen) atoms. The number of halogens is 4. The molecule has 0 radical (unpaired) electrons. The van der Waals surface area contributed by atoms with Crippen molar-refractivity contribution >= 4 is 29.8 Å². The fourth-order valence-electron chi connectivity index (χ4n) is 2.98. The molecule has 2 rings (SSSR count). The Balaban J connectivity index is 2.18. The van der Waals surface area contributed by atoms with E-state index in [0.717, 1.165) is 13.0 Å². The second kappa shape index (κ2) is 10.6. The van der Waals surface area contributed by atoms with E-state index in [1.165, 1.54) is 19.1 Å². The van der Waals surface area contributed by atoms with E-state index in [1.54, 1.807) is 0 Å². The van der Waals surface area contributed by atoms with E-state index in [1.807, 2.05) is 20.8 Å². The summed E-state index contributed by atoms with van der Waals surface area (Å²) in [5, 5.41) is 9.39. The van der Waals surface area contributed by atoms with Crippen LogP contribution in [0, 0.1) is 10.1 Å². The minimum Gasteiger partial charge on any atom is -0.475 e. The third kappa shape index (κ3) is 7.64. The Morgan fingerprint density at radius 2 is 1.83 bits per heavy atom. The van der Waals surface area contributed by atoms with Crippen molar-refractivity contribution in [2.75, 3.05) is 6.61 Å². The molecule has 0 N–H and O–H groups in total. The van der Waals surface area contributed by atoms with Gasteiger partial charge < -0.3 is 23.8 Å². The van der Waals surface area contributed by atoms with Gasteiger partial charge in [-0.05, 0) is 36.1 Å². The van der Waals surface area contributed by atoms with Gasteiger partial charge in [-0.2, -0.15) is 13.2 Å². The molecule has 10 nitrogen and oxygen atoms in total. The lowest BCUT2D eigenvalue weighted by Crippen LogP contribution is -2.41. The minimum atomic E-state index is -4.97. The average Bonchev–Trinajstić information content (AvgIpc) is 2.68. The molecule has 1 aromatic rings. The van der Waals surface area contributed by atoms with Crippen LogP contribution in [0.2, 0.25) is 5.02 Å². The standard InChI is InChI=1S/C21H23ClF3NO9/c1-10(35-26(29)30)9-31-19(28)33-11(2)32-18(27)13-6-12-7-15(22)14(20(3,4)5)8-16(12)34-17(13)21(23,24)25/h6-8,10-11,17H,9H2,1-5H3. The van der Waals surface area contributed by atoms with Crippen molar-refractivity contribution < 1.29 is 51.6 Å². The van der Waals surface area contributed by atoms with Gasteiger partial charge in [0.05, 0.1) is 5.57 Å². The lowest BCUT2D eigenvalue weighted by Gasteiger charge is -2.30. The van der Waals surface area contributed by atoms with Crippen LogP contribution < -0.4 is 4.74 Å². The van der Waals surface area contributed by atoms with Gasteiger partial charge in [0.15, 0.2) is 0 Å². The van der Waals surface area contributed by atoms with E-state index in [9.17, 15) is 32.9 Å². The summed E-state index contributed by atoms with van der Waals surface area (Å²) in [6, 6.07) is 2.77. The largest absolute Gasteiger partial charge is 0.511 e. The molecular formula is C21H23ClF3NO9. The van der Waals surface area contributed by atoms with E-state index in [0.29, 0.717) is 5.56 Å². The van der Waals surface area contributed by atoms with Crippen LogP contribution in [0.4, 0.5) is 18.0 Å². The van der Waals surface area contributed by atoms with Gasteiger partial charge in [0.1, 0.15) is 18.5 Å². The first-order valence-electron chi connectivity index (χ1n) is 10.1. The number of rotatable bonds is 7. The molecule has 0 aromatic heterocycles. The lowest BCUT2D eigenvalue weighted by molar-refractivity contribution is -0.767. The Labute approximate surface area is 203 Å². The van der Waals surface area contributed by atoms with Crippen molar-refractivity contribution in [1.29, 1.82) is 0 Å². The highest BCUT2D eigenvalue weighted by atomic mass is 35.5. The molecule has 1 aromatic carbocycles. The minimum absolute atomic E-state index is 0.114. The van der Waals surface area contributed by atoms with Gasteiger partial charge in [-0.3, -0.25) is 0 Å². The van der Waals surface area contributed by atoms with Crippen LogP contribution in [0.3, 0.4) is 0 Å². The molecule has 1 aliphatic heterocycles. The van der Waals surface area contributed by atoms with Gasteiger partial charge >= 0.3 is 18.3 Å². The molecule has 194 valence electrons. The quantitative estimate of drug-likeness (QED) is 0.210. The Kier molecular flexibility index (Phi) is 8.47. The van der Waals surface area contributed by atoms with E-state index >= 15 is 0 Å². The fraction of sp³-hybridized carbons (Fsp3) is 0.524. The van der Waals surface area contributed by atoms with Crippen LogP contribution in [0.5, 0.6) is 5.75 Å². The maximum atomic E-state index is 13.7. The lowest BCUT2D eigenvalue weighted by atomic mass is 9.85. The van der Waals surface area contributed by atoms with Crippen molar-refractivity contribution in [1.82, 2.24) is 0 Å². The highest BCUT2D eigenvalue weighted by Gasteiger charge is 2.49. The zero-order valence-electron chi connectivity index (χ0n) is 19.3. The van der Waals surface area contributed by atoms with Crippen molar-refractivity contribution in [3.8, 4) is 5.75 Å². The number of hydrogen-bond donors (Lipinski definition) is 0. The maximum absolute atomic E-state index is 13.7. The third-order valence-electron chi connectivity index (χ3n) is 4.52. The Hall–Kier alpha value is -3.22. The van der Waals surface area contributed by atoms with Crippen LogP contribution in [0.15, 0.2) is 17.7 Å². The molecule has 0 spiro atoms. The molecule has 0 saturated heterocycles. The SMILES string of the molecule is CC(COC(=O)OC(C)OC(=O)C1=Cc2cc(Cl)c(C(C)(C)C)cc2OC1C(F)(F)F)O[N+](=O)[O-]. The number of carbonyl (C=O) groups excluding carboxylic acids is 2. The van der Waals surface area contributed by atoms with E-state index in [2.05, 4.69) is 14.3 Å². The van der Waals surface area contributed by atoms with Crippen molar-refractivity contribution in [3.05, 3.63) is 44.0 Å². The summed E-state index contributed by atoms with van der Waals surface area (Å²) in [4.78, 5) is 38.5. The number of hydrogen-bond acceptors (Lipinski definition) is 9. The van der Waals surface area contributed by atoms with Crippen LogP contribution in [0.1, 0.15) is 45.7 Å². The van der Waals surface area contributed by atoms with Crippen molar-refractivity contribution in [3.63, 3.8) is 0 Å². The number of esters is 1. The van der Waals surface area contributed by atoms with E-state index in [4.69, 9.17) is 21.1 Å². The predicted molar refractivity (Wildman–Crippen MR) is 114 cm³/mol. The molecule has 0 fully saturated rings. The van der Waals surface area contributed by atoms with Gasteiger partial charge in [-0.15, -0.1) is 10.1 Å². The number of benzene rings is 1. The normalized spacial score (nSPS) is 17.2. The average molecular weight is 526 g/mol. The highest BCUT2D eigenvalue weighted by Crippen LogP contribution is 2.42. The van der Waals surface area contributed by atoms with Gasteiger partial charge in [0.25, 0.3) is 5.09 Å². The molecule has 14 heteroatoms. The monoisotopic (exact) mass is 525 g/mol. The number of carbonyl (C=O) groups is 2. The number of alkyl halides is 3. The maximum Gasteiger partial charge on any atom is 0.511 e. The molecule has 0 bridgehead atoms. The summed E-state index contributed by atoms with van der Waals surface area (Å²) in [6.45, 7) is 7.21. The Morgan fingerprint density at radius 1 is 1.20 bits per heavy atom. The van der Waals surface area contributed by atoms with Crippen molar-refractivity contribution in [2.24, 2.45) is 0 Å². The van der Waals surface area contributed by atoms with E-state index in [-0.39, 0.29) is 16.3 Å². The zero-order valence-corrected chi connectivity index (χ0v) is 20.1. The smallest absolute Gasteiger partial charge is 0.475 e. The van der Waals surface area contributed by atoms with Gasteiger partial charge in [-0.1, -0.05) is 32.4 Å². The first kappa shape index (κ1) is 28.0. The highest BCUT2D eigenvalue weighted by molar-refractivity contribution is 6.31. The number of fused-ring (bicyclic) bond motifs is 1. The summed E-state index contributed by atoms with van der Waals surface area (Å²) >= 11 is 6.28. The Morgan fingerprint density at radius 3 is 2.37 bits per heavy atom. The van der Waals surface area contributed by atoms with Gasteiger partial charge in [0.2, 0.25) is 12.4 Å². The zero-order chi connectivity index (χ0) is 26.7. The van der Waals surface area contributed by atoms with Crippen LogP contribution in [-0.2, 0) is 29.3 Å². The predicted octanol–water partition coefficient (Wildman–Crippen LogP) is 4.98. The third-order valence-corrected chi connectivity index (χ3v) is 4.83. The summed E-state index contributed by atoms with van der Waals surface area (Å²) < 4.78 is 60.2. The summed E-state index contributed by atoms with van der Waals surface area (Å²) in [5.74, 6) is -1.57. The fourth-order valence-corrected chi connectivity index (χ4v) is 3.43. The number of nitrogens with zero attached hydrogens (tertiary/aromatic N) is 1. The first-order chi connectivity index (χ1) is 16.0. The Bertz CT molecular complexity index is 1020. The molecule has 3 atom stereocenters. The van der Waals surface area contributed by atoms with Crippen molar-refractivity contribution in [2.45, 2.75) is 64.7 Å².